The van der Waals surface area contributed by atoms with Crippen LogP contribution in [0.4, 0.5) is 9.41 Å². The van der Waals surface area contributed by atoms with E-state index in [0.717, 1.165) is 0 Å². The molecule has 0 saturated carbocycles. The average molecular weight is 443 g/mol. The minimum absolute atomic E-state index is 0. The molecule has 0 aromatic rings. The summed E-state index contributed by atoms with van der Waals surface area (Å²) in [6, 6.07) is 0. The van der Waals surface area contributed by atoms with Crippen LogP contribution in [-0.2, 0) is 21.8 Å². The molecule has 0 heterocycles. The Morgan fingerprint density at radius 2 is 1.00 bits per heavy atom. The van der Waals surface area contributed by atoms with E-state index < -0.39 is 21.8 Å². The summed E-state index contributed by atoms with van der Waals surface area (Å²) in [4.78, 5) is 0. The zero-order valence-electron chi connectivity index (χ0n) is 18.3. The minimum atomic E-state index is -2.03. The van der Waals surface area contributed by atoms with Gasteiger partial charge in [-0.1, -0.05) is 0 Å². The van der Waals surface area contributed by atoms with Crippen molar-refractivity contribution >= 4 is 0 Å². The van der Waals surface area contributed by atoms with Gasteiger partial charge in [-0.2, -0.15) is 0 Å². The summed E-state index contributed by atoms with van der Waals surface area (Å²) in [5.41, 5.74) is 9.85. The summed E-state index contributed by atoms with van der Waals surface area (Å²) < 4.78 is 4.84. The van der Waals surface area contributed by atoms with E-state index in [1.54, 1.807) is 22.3 Å². The van der Waals surface area contributed by atoms with Crippen LogP contribution in [0.5, 0.6) is 0 Å². The van der Waals surface area contributed by atoms with Gasteiger partial charge < -0.3 is 0 Å². The Hall–Kier alpha value is -0.557. The monoisotopic (exact) mass is 441 g/mol. The molecule has 0 bridgehead atoms. The molecule has 3 heteroatoms. The summed E-state index contributed by atoms with van der Waals surface area (Å²) in [6.07, 6.45) is 2.20. The van der Waals surface area contributed by atoms with Crippen molar-refractivity contribution in [3.05, 3.63) is 52.7 Å². The number of allylic oxidation sites excluding steroid dienone is 9. The third-order valence-corrected chi connectivity index (χ3v) is 16.7. The van der Waals surface area contributed by atoms with Crippen molar-refractivity contribution in [2.75, 3.05) is 0 Å². The van der Waals surface area contributed by atoms with Gasteiger partial charge in [-0.25, -0.2) is 0 Å². The maximum absolute atomic E-state index is 4.14. The molecule has 0 saturated heterocycles. The van der Waals surface area contributed by atoms with Crippen molar-refractivity contribution in [1.82, 2.24) is 0 Å². The normalized spacial score (nSPS) is 21.2. The smallest absolute Gasteiger partial charge is 0.269 e. The Balaban J connectivity index is 0.00000312. The summed E-state index contributed by atoms with van der Waals surface area (Å²) in [5, 5.41) is 0. The van der Waals surface area contributed by atoms with Crippen molar-refractivity contribution in [2.45, 2.75) is 73.4 Å². The SMILES string of the molecule is C=C[CH2][Zr]([C]1=C(C)C(C)=C(C)C1(C)C)[C]1=C(C)C(C)=C(C)C1(C)C.F.F. The molecule has 0 amide bonds. The molecule has 0 nitrogen and oxygen atoms in total. The van der Waals surface area contributed by atoms with Crippen LogP contribution in [0.25, 0.3) is 0 Å². The first-order valence-electron chi connectivity index (χ1n) is 9.17. The average Bonchev–Trinajstić information content (AvgIpc) is 2.74. The third-order valence-electron chi connectivity index (χ3n) is 7.08. The van der Waals surface area contributed by atoms with E-state index in [1.807, 2.05) is 6.56 Å². The Morgan fingerprint density at radius 3 is 1.19 bits per heavy atom. The Bertz CT molecular complexity index is 669. The van der Waals surface area contributed by atoms with Crippen LogP contribution in [0, 0.1) is 10.8 Å². The van der Waals surface area contributed by atoms with Gasteiger partial charge in [0.15, 0.2) is 0 Å². The van der Waals surface area contributed by atoms with Crippen molar-refractivity contribution in [1.29, 1.82) is 0 Å². The van der Waals surface area contributed by atoms with E-state index >= 15 is 0 Å². The first kappa shape index (κ1) is 25.4. The minimum Gasteiger partial charge on any atom is -0.269 e. The zero-order chi connectivity index (χ0) is 18.6. The second-order valence-corrected chi connectivity index (χ2v) is 14.5. The van der Waals surface area contributed by atoms with Crippen molar-refractivity contribution < 1.29 is 31.2 Å². The van der Waals surface area contributed by atoms with Crippen molar-refractivity contribution in [2.24, 2.45) is 10.8 Å². The van der Waals surface area contributed by atoms with Crippen LogP contribution < -0.4 is 0 Å². The molecule has 2 rings (SSSR count). The summed E-state index contributed by atoms with van der Waals surface area (Å²) >= 11 is -2.03. The Kier molecular flexibility index (Phi) is 8.04. The standard InChI is InChI=1S/2C10H15.C3H5.2FH.Zr/c2*1-7-6-10(4,5)9(3)8(7)2;1-3-2;;;/h2*1-5H3;3H,1-2H2;2*1H;. The molecule has 0 atom stereocenters. The summed E-state index contributed by atoms with van der Waals surface area (Å²) in [7, 11) is 0. The van der Waals surface area contributed by atoms with Crippen LogP contribution in [0.15, 0.2) is 52.7 Å². The van der Waals surface area contributed by atoms with Gasteiger partial charge in [0.05, 0.1) is 0 Å². The molecule has 0 fully saturated rings. The summed E-state index contributed by atoms with van der Waals surface area (Å²) in [6.45, 7) is 28.0. The first-order valence-corrected chi connectivity index (χ1v) is 13.4. The molecule has 0 aliphatic heterocycles. The molecule has 2 aliphatic carbocycles. The molecule has 0 spiro atoms. The molecular weight excluding hydrogens is 405 g/mol. The second kappa shape index (κ2) is 8.21. The van der Waals surface area contributed by atoms with Gasteiger partial charge in [0, 0.05) is 0 Å². The van der Waals surface area contributed by atoms with Crippen molar-refractivity contribution in [3.63, 3.8) is 0 Å². The fraction of sp³-hybridized carbons (Fsp3) is 0.565. The van der Waals surface area contributed by atoms with Crippen LogP contribution in [0.3, 0.4) is 0 Å². The number of hydrogen-bond donors (Lipinski definition) is 0. The largest absolute Gasteiger partial charge is 0.269 e. The van der Waals surface area contributed by atoms with Crippen molar-refractivity contribution in [3.8, 4) is 0 Å². The molecule has 0 N–H and O–H groups in total. The number of hydrogen-bond acceptors (Lipinski definition) is 0. The summed E-state index contributed by atoms with van der Waals surface area (Å²) in [5.74, 6) is 0. The van der Waals surface area contributed by atoms with Gasteiger partial charge >= 0.3 is 159 Å². The fourth-order valence-electron chi connectivity index (χ4n) is 4.87. The molecule has 0 radical (unpaired) electrons. The molecule has 2 aliphatic rings. The molecule has 0 aromatic heterocycles. The fourth-order valence-corrected chi connectivity index (χ4v) is 15.0. The van der Waals surface area contributed by atoms with E-state index in [0.29, 0.717) is 0 Å². The van der Waals surface area contributed by atoms with E-state index in [2.05, 4.69) is 81.9 Å². The predicted octanol–water partition coefficient (Wildman–Crippen LogP) is 7.81. The number of rotatable bonds is 4. The predicted molar refractivity (Wildman–Crippen MR) is 110 cm³/mol. The van der Waals surface area contributed by atoms with Crippen LogP contribution in [-0.4, -0.2) is 0 Å². The van der Waals surface area contributed by atoms with Gasteiger partial charge in [-0.05, 0) is 0 Å². The quantitative estimate of drug-likeness (QED) is 0.389. The van der Waals surface area contributed by atoms with Crippen LogP contribution >= 0.6 is 0 Å². The number of halogens is 2. The van der Waals surface area contributed by atoms with Gasteiger partial charge in [0.25, 0.3) is 0 Å². The van der Waals surface area contributed by atoms with Gasteiger partial charge in [-0.3, -0.25) is 9.41 Å². The molecule has 0 aromatic carbocycles. The third kappa shape index (κ3) is 3.46. The van der Waals surface area contributed by atoms with E-state index in [9.17, 15) is 0 Å². The van der Waals surface area contributed by atoms with E-state index in [4.69, 9.17) is 0 Å². The first-order chi connectivity index (χ1) is 10.9. The second-order valence-electron chi connectivity index (χ2n) is 8.72. The van der Waals surface area contributed by atoms with Crippen LogP contribution in [0.2, 0.25) is 4.13 Å². The molecule has 147 valence electrons. The maximum atomic E-state index is 4.14. The van der Waals surface area contributed by atoms with Crippen LogP contribution in [0.1, 0.15) is 69.2 Å². The molecular formula is C23H37F2Zr. The maximum Gasteiger partial charge on any atom is -0.269 e. The molecule has 26 heavy (non-hydrogen) atoms. The van der Waals surface area contributed by atoms with E-state index in [-0.39, 0.29) is 20.2 Å². The Labute approximate surface area is 167 Å². The van der Waals surface area contributed by atoms with Gasteiger partial charge in [-0.15, -0.1) is 0 Å². The zero-order valence-corrected chi connectivity index (χ0v) is 20.8. The van der Waals surface area contributed by atoms with E-state index in [1.165, 1.54) is 15.3 Å². The Morgan fingerprint density at radius 1 is 0.692 bits per heavy atom. The topological polar surface area (TPSA) is 0 Å². The van der Waals surface area contributed by atoms with Gasteiger partial charge in [0.1, 0.15) is 0 Å². The molecule has 0 unspecified atom stereocenters. The van der Waals surface area contributed by atoms with Gasteiger partial charge in [0.2, 0.25) is 0 Å².